The summed E-state index contributed by atoms with van der Waals surface area (Å²) in [7, 11) is 9.32. The number of unbranched alkanes of at least 4 members (excludes halogenated alkanes) is 2. The fourth-order valence-corrected chi connectivity index (χ4v) is 6.74. The third kappa shape index (κ3) is 26.5. The standard InChI is InChI=1S/C13H16N2O2.C11H15NO3.2C9H15N3O2.C8H18N2O2/c1-15-8-9(6-7-11(14)13(16)17)10-4-2-3-5-12(10)15;1-15-9-5-2-8(3-6-9)4-7-10(12)11(13)14;1-12-5-7(11-6-12)3-2-4-8(10)9(13)14;1-12-6-11-5-7(12)3-2-4-8(10)9(13)14;1-10-6-4-2-3-5-7(9)8(11)12/h2-5,8,11H,6-7,14H2,1H3,(H,16,17);2-3,5-6,10H,4,7,12H2,1H3,(H,13,14);2*5-6,8H,2-4,10H2,1H3,(H,13,14);7,10H,2-6,9H2,1H3,(H,11,12)/t11-;10-;2*8-;7-/m11111/s1. The number of para-hydroxylation sites is 1. The van der Waals surface area contributed by atoms with Gasteiger partial charge in [0.15, 0.2) is 0 Å². The van der Waals surface area contributed by atoms with Crippen LogP contribution in [0.15, 0.2) is 79.8 Å². The molecule has 2 aromatic carbocycles. The number of aliphatic carboxylic acids is 5. The first kappa shape index (κ1) is 63.3. The van der Waals surface area contributed by atoms with E-state index in [1.165, 1.54) is 5.39 Å². The third-order valence-electron chi connectivity index (χ3n) is 11.2. The van der Waals surface area contributed by atoms with Gasteiger partial charge in [-0.25, -0.2) is 9.97 Å². The van der Waals surface area contributed by atoms with Gasteiger partial charge >= 0.3 is 29.8 Å². The molecule has 0 unspecified atom stereocenters. The number of fused-ring (bicyclic) bond motifs is 1. The number of carbonyl (C=O) groups is 5. The van der Waals surface area contributed by atoms with Crippen LogP contribution in [-0.4, -0.2) is 130 Å². The topological polar surface area (TPSA) is 378 Å². The third-order valence-corrected chi connectivity index (χ3v) is 11.2. The first-order valence-corrected chi connectivity index (χ1v) is 23.8. The van der Waals surface area contributed by atoms with Gasteiger partial charge in [-0.05, 0) is 120 Å². The van der Waals surface area contributed by atoms with Gasteiger partial charge in [-0.15, -0.1) is 0 Å². The molecule has 0 radical (unpaired) electrons. The van der Waals surface area contributed by atoms with Crippen molar-refractivity contribution in [1.29, 1.82) is 0 Å². The lowest BCUT2D eigenvalue weighted by molar-refractivity contribution is -0.139. The zero-order chi connectivity index (χ0) is 54.2. The van der Waals surface area contributed by atoms with E-state index in [1.807, 2.05) is 86.1 Å². The van der Waals surface area contributed by atoms with Crippen molar-refractivity contribution in [2.24, 2.45) is 49.8 Å². The summed E-state index contributed by atoms with van der Waals surface area (Å²) in [5.41, 5.74) is 32.4. The van der Waals surface area contributed by atoms with E-state index in [1.54, 1.807) is 26.0 Å². The Bertz CT molecular complexity index is 2330. The van der Waals surface area contributed by atoms with E-state index in [4.69, 9.17) is 58.9 Å². The van der Waals surface area contributed by atoms with Crippen LogP contribution in [0, 0.1) is 0 Å². The molecule has 22 heteroatoms. The number of aryl methyl sites for hydroxylation is 7. The monoisotopic (exact) mass is 1010 g/mol. The van der Waals surface area contributed by atoms with E-state index in [0.29, 0.717) is 44.9 Å². The van der Waals surface area contributed by atoms with Crippen molar-refractivity contribution in [2.45, 2.75) is 120 Å². The number of aromatic nitrogens is 5. The van der Waals surface area contributed by atoms with Gasteiger partial charge in [0.1, 0.15) is 36.0 Å². The molecule has 0 bridgehead atoms. The van der Waals surface area contributed by atoms with Crippen LogP contribution in [-0.2, 0) is 70.8 Å². The maximum absolute atomic E-state index is 10.7. The van der Waals surface area contributed by atoms with Crippen LogP contribution in [0.1, 0.15) is 86.7 Å². The highest BCUT2D eigenvalue weighted by molar-refractivity contribution is 5.84. The average molecular weight is 1010 g/mol. The molecule has 0 saturated heterocycles. The summed E-state index contributed by atoms with van der Waals surface area (Å²) in [5, 5.41) is 47.1. The molecule has 0 fully saturated rings. The fourth-order valence-electron chi connectivity index (χ4n) is 6.74. The van der Waals surface area contributed by atoms with Gasteiger partial charge in [-0.3, -0.25) is 24.0 Å². The van der Waals surface area contributed by atoms with Crippen LogP contribution in [0.2, 0.25) is 0 Å². The average Bonchev–Trinajstić information content (AvgIpc) is 4.07. The number of carboxylic acid groups (broad SMARTS) is 5. The minimum atomic E-state index is -0.955. The van der Waals surface area contributed by atoms with Crippen molar-refractivity contribution < 1.29 is 54.2 Å². The minimum Gasteiger partial charge on any atom is -0.497 e. The molecular formula is C50H79N11O11. The van der Waals surface area contributed by atoms with Gasteiger partial charge in [-0.1, -0.05) is 43.2 Å². The molecule has 0 aliphatic carbocycles. The van der Waals surface area contributed by atoms with E-state index in [2.05, 4.69) is 32.0 Å². The maximum atomic E-state index is 10.7. The van der Waals surface area contributed by atoms with Crippen molar-refractivity contribution in [3.8, 4) is 5.75 Å². The number of ether oxygens (including phenoxy) is 1. The highest BCUT2D eigenvalue weighted by Crippen LogP contribution is 2.22. The van der Waals surface area contributed by atoms with Gasteiger partial charge in [0, 0.05) is 56.3 Å². The molecule has 400 valence electrons. The molecule has 3 heterocycles. The normalized spacial score (nSPS) is 12.6. The minimum absolute atomic E-state index is 0.446. The number of hydrogen-bond acceptors (Lipinski definition) is 14. The number of methoxy groups -OCH3 is 1. The number of imidazole rings is 2. The number of rotatable bonds is 26. The number of nitrogens with two attached hydrogens (primary N) is 5. The van der Waals surface area contributed by atoms with Crippen molar-refractivity contribution >= 4 is 40.7 Å². The largest absolute Gasteiger partial charge is 0.497 e. The number of nitrogens with one attached hydrogen (secondary N) is 1. The number of carboxylic acids is 5. The lowest BCUT2D eigenvalue weighted by Gasteiger charge is -2.06. The molecule has 0 spiro atoms. The Labute approximate surface area is 421 Å². The molecular weight excluding hydrogens is 931 g/mol. The van der Waals surface area contributed by atoms with Crippen molar-refractivity contribution in [2.75, 3.05) is 20.7 Å². The second kappa shape index (κ2) is 35.4. The SMILES string of the molecule is CNCCCCC[C@@H](N)C(=O)O.COc1ccc(CC[C@@H](N)C(=O)O)cc1.Cn1cc(CC[C@@H](N)C(=O)O)c2ccccc21.Cn1cnc(CCC[C@@H](N)C(=O)O)c1.Cn1cncc1CCC[C@@H](N)C(=O)O. The second-order valence-corrected chi connectivity index (χ2v) is 17.2. The van der Waals surface area contributed by atoms with Gasteiger partial charge in [0.2, 0.25) is 0 Å². The lowest BCUT2D eigenvalue weighted by atomic mass is 10.1. The molecule has 5 atom stereocenters. The smallest absolute Gasteiger partial charge is 0.320 e. The number of hydrogen-bond donors (Lipinski definition) is 11. The number of nitrogens with zero attached hydrogens (tertiary/aromatic N) is 5. The molecule has 0 aliphatic rings. The Morgan fingerprint density at radius 3 is 1.60 bits per heavy atom. The quantitative estimate of drug-likeness (QED) is 0.0355. The van der Waals surface area contributed by atoms with E-state index in [0.717, 1.165) is 85.3 Å². The van der Waals surface area contributed by atoms with E-state index in [-0.39, 0.29) is 0 Å². The van der Waals surface area contributed by atoms with Gasteiger partial charge in [0.25, 0.3) is 0 Å². The van der Waals surface area contributed by atoms with Crippen LogP contribution in [0.4, 0.5) is 0 Å². The maximum Gasteiger partial charge on any atom is 0.320 e. The summed E-state index contributed by atoms with van der Waals surface area (Å²) in [6.45, 7) is 0.988. The Morgan fingerprint density at radius 2 is 1.11 bits per heavy atom. The van der Waals surface area contributed by atoms with Crippen LogP contribution >= 0.6 is 0 Å². The van der Waals surface area contributed by atoms with Crippen molar-refractivity contribution in [3.63, 3.8) is 0 Å². The molecule has 0 amide bonds. The summed E-state index contributed by atoms with van der Waals surface area (Å²) in [6, 6.07) is 11.9. The Hall–Kier alpha value is -6.69. The summed E-state index contributed by atoms with van der Waals surface area (Å²) < 4.78 is 10.9. The van der Waals surface area contributed by atoms with Crippen LogP contribution in [0.5, 0.6) is 5.75 Å². The molecule has 3 aromatic heterocycles. The molecule has 22 nitrogen and oxygen atoms in total. The Kier molecular flexibility index (Phi) is 31.2. The van der Waals surface area contributed by atoms with Gasteiger partial charge < -0.3 is 78.0 Å². The van der Waals surface area contributed by atoms with Gasteiger partial charge in [0.05, 0.1) is 25.5 Å². The fraction of sp³-hybridized carbons (Fsp3) is 0.500. The number of benzene rings is 2. The molecule has 0 saturated carbocycles. The Balaban J connectivity index is 0.000000452. The first-order valence-electron chi connectivity index (χ1n) is 23.8. The highest BCUT2D eigenvalue weighted by Gasteiger charge is 2.15. The molecule has 5 rings (SSSR count). The predicted octanol–water partition coefficient (Wildman–Crippen LogP) is 3.05. The predicted molar refractivity (Wildman–Crippen MR) is 275 cm³/mol. The van der Waals surface area contributed by atoms with Gasteiger partial charge in [-0.2, -0.15) is 0 Å². The molecule has 5 aromatic rings. The van der Waals surface area contributed by atoms with Crippen LogP contribution < -0.4 is 38.7 Å². The molecule has 0 aliphatic heterocycles. The van der Waals surface area contributed by atoms with Crippen LogP contribution in [0.25, 0.3) is 10.9 Å². The van der Waals surface area contributed by atoms with Crippen LogP contribution in [0.3, 0.4) is 0 Å². The highest BCUT2D eigenvalue weighted by atomic mass is 16.5. The van der Waals surface area contributed by atoms with Crippen molar-refractivity contribution in [1.82, 2.24) is 29.0 Å². The summed E-state index contributed by atoms with van der Waals surface area (Å²) in [6.07, 6.45) is 19.2. The molecule has 16 N–H and O–H groups in total. The summed E-state index contributed by atoms with van der Waals surface area (Å²) >= 11 is 0. The second-order valence-electron chi connectivity index (χ2n) is 17.2. The summed E-state index contributed by atoms with van der Waals surface area (Å²) in [4.78, 5) is 60.3. The summed E-state index contributed by atoms with van der Waals surface area (Å²) in [5.74, 6) is -3.88. The first-order chi connectivity index (χ1) is 34.1. The van der Waals surface area contributed by atoms with Crippen molar-refractivity contribution in [3.05, 3.63) is 102 Å². The van der Waals surface area contributed by atoms with E-state index < -0.39 is 60.1 Å². The zero-order valence-corrected chi connectivity index (χ0v) is 42.3. The Morgan fingerprint density at radius 1 is 0.597 bits per heavy atom. The zero-order valence-electron chi connectivity index (χ0n) is 42.3. The molecule has 72 heavy (non-hydrogen) atoms. The van der Waals surface area contributed by atoms with E-state index in [9.17, 15) is 24.0 Å². The lowest BCUT2D eigenvalue weighted by Crippen LogP contribution is -2.30. The van der Waals surface area contributed by atoms with E-state index >= 15 is 0 Å².